The second-order valence-corrected chi connectivity index (χ2v) is 4.80. The maximum atomic E-state index is 11.7. The van der Waals surface area contributed by atoms with Gasteiger partial charge in [0.15, 0.2) is 0 Å². The van der Waals surface area contributed by atoms with Gasteiger partial charge in [-0.2, -0.15) is 0 Å². The Labute approximate surface area is 104 Å². The summed E-state index contributed by atoms with van der Waals surface area (Å²) in [5.41, 5.74) is 1.96. The fourth-order valence-corrected chi connectivity index (χ4v) is 2.70. The molecule has 1 aromatic rings. The van der Waals surface area contributed by atoms with Gasteiger partial charge in [-0.25, -0.2) is 0 Å². The van der Waals surface area contributed by atoms with E-state index in [1.54, 1.807) is 6.07 Å². The second kappa shape index (κ2) is 4.93. The first-order valence-electron chi connectivity index (χ1n) is 5.00. The second-order valence-electron chi connectivity index (χ2n) is 3.34. The van der Waals surface area contributed by atoms with E-state index in [0.717, 1.165) is 11.1 Å². The summed E-state index contributed by atoms with van der Waals surface area (Å²) < 4.78 is 5.04. The number of halogens is 1. The first kappa shape index (κ1) is 11.6. The van der Waals surface area contributed by atoms with Gasteiger partial charge < -0.3 is 4.74 Å². The first-order chi connectivity index (χ1) is 7.72. The minimum atomic E-state index is -0.266. The number of carbonyl (C=O) groups is 1. The van der Waals surface area contributed by atoms with Crippen LogP contribution in [-0.4, -0.2) is 12.6 Å². The van der Waals surface area contributed by atoms with Crippen LogP contribution in [0.25, 0.3) is 6.08 Å². The van der Waals surface area contributed by atoms with Crippen molar-refractivity contribution in [1.82, 2.24) is 0 Å². The highest BCUT2D eigenvalue weighted by Crippen LogP contribution is 2.39. The van der Waals surface area contributed by atoms with Gasteiger partial charge >= 0.3 is 5.97 Å². The van der Waals surface area contributed by atoms with Gasteiger partial charge in [0.1, 0.15) is 5.25 Å². The zero-order valence-corrected chi connectivity index (χ0v) is 10.3. The largest absolute Gasteiger partial charge is 0.465 e. The van der Waals surface area contributed by atoms with Crippen molar-refractivity contribution >= 4 is 35.4 Å². The minimum Gasteiger partial charge on any atom is -0.465 e. The van der Waals surface area contributed by atoms with Crippen LogP contribution < -0.4 is 0 Å². The molecule has 2 nitrogen and oxygen atoms in total. The highest BCUT2D eigenvalue weighted by molar-refractivity contribution is 8.03. The molecule has 0 fully saturated rings. The minimum absolute atomic E-state index is 0.194. The van der Waals surface area contributed by atoms with Crippen LogP contribution >= 0.6 is 23.4 Å². The third-order valence-corrected chi connectivity index (χ3v) is 3.54. The van der Waals surface area contributed by atoms with E-state index >= 15 is 0 Å². The number of carbonyl (C=O) groups excluding carboxylic acids is 1. The molecule has 2 rings (SSSR count). The van der Waals surface area contributed by atoms with Gasteiger partial charge in [-0.05, 0) is 41.7 Å². The normalized spacial score (nSPS) is 18.0. The average Bonchev–Trinajstić information content (AvgIpc) is 2.28. The van der Waals surface area contributed by atoms with E-state index in [0.29, 0.717) is 11.6 Å². The van der Waals surface area contributed by atoms with Gasteiger partial charge in [-0.1, -0.05) is 17.7 Å². The average molecular weight is 255 g/mol. The Morgan fingerprint density at radius 2 is 2.38 bits per heavy atom. The highest BCUT2D eigenvalue weighted by Gasteiger charge is 2.25. The van der Waals surface area contributed by atoms with E-state index in [-0.39, 0.29) is 11.2 Å². The van der Waals surface area contributed by atoms with Crippen LogP contribution in [0.1, 0.15) is 23.3 Å². The van der Waals surface area contributed by atoms with Crippen LogP contribution in [0.4, 0.5) is 0 Å². The predicted molar refractivity (Wildman–Crippen MR) is 67.5 cm³/mol. The maximum absolute atomic E-state index is 11.7. The molecular formula is C12H11ClO2S. The SMILES string of the molecule is CCOC(=O)C1SC=Cc2cc(Cl)ccc21. The third kappa shape index (κ3) is 2.25. The summed E-state index contributed by atoms with van der Waals surface area (Å²) in [5, 5.41) is 2.32. The van der Waals surface area contributed by atoms with Crippen molar-refractivity contribution in [3.63, 3.8) is 0 Å². The summed E-state index contributed by atoms with van der Waals surface area (Å²) in [7, 11) is 0. The van der Waals surface area contributed by atoms with Crippen molar-refractivity contribution in [2.45, 2.75) is 12.2 Å². The lowest BCUT2D eigenvalue weighted by molar-refractivity contribution is -0.142. The lowest BCUT2D eigenvalue weighted by Crippen LogP contribution is -2.15. The van der Waals surface area contributed by atoms with Crippen molar-refractivity contribution in [2.24, 2.45) is 0 Å². The summed E-state index contributed by atoms with van der Waals surface area (Å²) in [6.45, 7) is 2.21. The molecule has 1 aliphatic heterocycles. The number of hydrogen-bond acceptors (Lipinski definition) is 3. The smallest absolute Gasteiger partial charge is 0.323 e. The Bertz CT molecular complexity index is 443. The maximum Gasteiger partial charge on any atom is 0.323 e. The summed E-state index contributed by atoms with van der Waals surface area (Å²) in [5.74, 6) is -0.194. The van der Waals surface area contributed by atoms with Crippen molar-refractivity contribution in [2.75, 3.05) is 6.61 Å². The Morgan fingerprint density at radius 3 is 3.12 bits per heavy atom. The Balaban J connectivity index is 2.33. The molecule has 0 aromatic heterocycles. The van der Waals surface area contributed by atoms with Crippen molar-refractivity contribution in [1.29, 1.82) is 0 Å². The monoisotopic (exact) mass is 254 g/mol. The summed E-state index contributed by atoms with van der Waals surface area (Å²) in [6, 6.07) is 5.54. The Hall–Kier alpha value is -0.930. The van der Waals surface area contributed by atoms with E-state index < -0.39 is 0 Å². The lowest BCUT2D eigenvalue weighted by Gasteiger charge is -2.19. The number of rotatable bonds is 2. The molecule has 0 saturated carbocycles. The first-order valence-corrected chi connectivity index (χ1v) is 6.32. The van der Waals surface area contributed by atoms with Crippen LogP contribution in [-0.2, 0) is 9.53 Å². The van der Waals surface area contributed by atoms with Gasteiger partial charge in [0.25, 0.3) is 0 Å². The van der Waals surface area contributed by atoms with Crippen molar-refractivity contribution < 1.29 is 9.53 Å². The van der Waals surface area contributed by atoms with Crippen LogP contribution in [0.2, 0.25) is 5.02 Å². The van der Waals surface area contributed by atoms with Gasteiger partial charge in [-0.15, -0.1) is 11.8 Å². The third-order valence-electron chi connectivity index (χ3n) is 2.29. The molecule has 1 heterocycles. The lowest BCUT2D eigenvalue weighted by atomic mass is 10.0. The van der Waals surface area contributed by atoms with E-state index in [1.165, 1.54) is 11.8 Å². The molecule has 0 spiro atoms. The highest BCUT2D eigenvalue weighted by atomic mass is 35.5. The molecule has 1 atom stereocenters. The summed E-state index contributed by atoms with van der Waals surface area (Å²) in [6.07, 6.45) is 1.96. The molecule has 1 unspecified atom stereocenters. The fourth-order valence-electron chi connectivity index (χ4n) is 1.59. The quantitative estimate of drug-likeness (QED) is 0.754. The van der Waals surface area contributed by atoms with Gasteiger partial charge in [0.2, 0.25) is 0 Å². The molecule has 1 aliphatic rings. The molecule has 0 saturated heterocycles. The van der Waals surface area contributed by atoms with Gasteiger partial charge in [-0.3, -0.25) is 4.79 Å². The zero-order chi connectivity index (χ0) is 11.5. The summed E-state index contributed by atoms with van der Waals surface area (Å²) in [4.78, 5) is 11.7. The molecule has 84 valence electrons. The Morgan fingerprint density at radius 1 is 1.56 bits per heavy atom. The zero-order valence-electron chi connectivity index (χ0n) is 8.77. The molecular weight excluding hydrogens is 244 g/mol. The molecule has 16 heavy (non-hydrogen) atoms. The van der Waals surface area contributed by atoms with E-state index in [9.17, 15) is 4.79 Å². The standard InChI is InChI=1S/C12H11ClO2S/c1-2-15-12(14)11-10-4-3-9(13)7-8(10)5-6-16-11/h3-7,11H,2H2,1H3. The van der Waals surface area contributed by atoms with Gasteiger partial charge in [0, 0.05) is 5.02 Å². The van der Waals surface area contributed by atoms with Crippen molar-refractivity contribution in [3.05, 3.63) is 39.8 Å². The van der Waals surface area contributed by atoms with E-state index in [2.05, 4.69) is 0 Å². The van der Waals surface area contributed by atoms with Gasteiger partial charge in [0.05, 0.1) is 6.61 Å². The topological polar surface area (TPSA) is 26.3 Å². The van der Waals surface area contributed by atoms with Crippen LogP contribution in [0.3, 0.4) is 0 Å². The molecule has 0 radical (unpaired) electrons. The molecule has 0 N–H and O–H groups in total. The van der Waals surface area contributed by atoms with Crippen LogP contribution in [0.5, 0.6) is 0 Å². The number of benzene rings is 1. The van der Waals surface area contributed by atoms with Crippen LogP contribution in [0, 0.1) is 0 Å². The van der Waals surface area contributed by atoms with E-state index in [1.807, 2.05) is 30.5 Å². The molecule has 1 aromatic carbocycles. The number of thioether (sulfide) groups is 1. The summed E-state index contributed by atoms with van der Waals surface area (Å²) >= 11 is 7.37. The molecule has 0 aliphatic carbocycles. The molecule has 0 bridgehead atoms. The predicted octanol–water partition coefficient (Wildman–Crippen LogP) is 3.66. The fraction of sp³-hybridized carbons (Fsp3) is 0.250. The number of hydrogen-bond donors (Lipinski definition) is 0. The van der Waals surface area contributed by atoms with E-state index in [4.69, 9.17) is 16.3 Å². The number of fused-ring (bicyclic) bond motifs is 1. The Kier molecular flexibility index (Phi) is 3.56. The number of esters is 1. The van der Waals surface area contributed by atoms with Crippen LogP contribution in [0.15, 0.2) is 23.6 Å². The van der Waals surface area contributed by atoms with Crippen molar-refractivity contribution in [3.8, 4) is 0 Å². The number of ether oxygens (including phenoxy) is 1. The molecule has 4 heteroatoms. The molecule has 0 amide bonds.